The predicted octanol–water partition coefficient (Wildman–Crippen LogP) is 2.33. The quantitative estimate of drug-likeness (QED) is 0.872. The summed E-state index contributed by atoms with van der Waals surface area (Å²) in [6.07, 6.45) is 2.93. The Morgan fingerprint density at radius 2 is 1.95 bits per heavy atom. The van der Waals surface area contributed by atoms with Gasteiger partial charge in [0.1, 0.15) is 11.4 Å². The fraction of sp³-hybridized carbons (Fsp3) is 0.412. The lowest BCUT2D eigenvalue weighted by Gasteiger charge is -2.36. The van der Waals surface area contributed by atoms with E-state index in [-0.39, 0.29) is 11.7 Å². The van der Waals surface area contributed by atoms with E-state index >= 15 is 0 Å². The number of benzene rings is 1. The van der Waals surface area contributed by atoms with Crippen LogP contribution in [0.15, 0.2) is 29.8 Å². The Kier molecular flexibility index (Phi) is 4.94. The van der Waals surface area contributed by atoms with E-state index < -0.39 is 5.54 Å². The minimum Gasteiger partial charge on any atom is -0.334 e. The summed E-state index contributed by atoms with van der Waals surface area (Å²) in [5.74, 6) is -0.565. The summed E-state index contributed by atoms with van der Waals surface area (Å²) in [4.78, 5) is 14.5. The predicted molar refractivity (Wildman–Crippen MR) is 83.3 cm³/mol. The van der Waals surface area contributed by atoms with Crippen LogP contribution in [-0.2, 0) is 4.79 Å². The van der Waals surface area contributed by atoms with E-state index in [0.29, 0.717) is 18.4 Å². The van der Waals surface area contributed by atoms with Crippen molar-refractivity contribution < 1.29 is 9.18 Å². The summed E-state index contributed by atoms with van der Waals surface area (Å²) >= 11 is 0. The zero-order valence-electron chi connectivity index (χ0n) is 12.9. The molecular weight excluding hydrogens is 281 g/mol. The Labute approximate surface area is 130 Å². The third kappa shape index (κ3) is 3.92. The summed E-state index contributed by atoms with van der Waals surface area (Å²) in [6.45, 7) is 3.27. The van der Waals surface area contributed by atoms with Crippen molar-refractivity contribution in [3.05, 3.63) is 41.2 Å². The lowest BCUT2D eigenvalue weighted by molar-refractivity contribution is -0.119. The third-order valence-electron chi connectivity index (χ3n) is 4.02. The van der Waals surface area contributed by atoms with Gasteiger partial charge < -0.3 is 10.2 Å². The number of likely N-dealkylation sites (tertiary alicyclic amines) is 1. The highest BCUT2D eigenvalue weighted by Crippen LogP contribution is 2.21. The van der Waals surface area contributed by atoms with Gasteiger partial charge in [-0.05, 0) is 50.6 Å². The first-order valence-electron chi connectivity index (χ1n) is 7.30. The number of carbonyl (C=O) groups is 1. The molecule has 1 amide bonds. The molecule has 2 rings (SSSR count). The van der Waals surface area contributed by atoms with E-state index in [4.69, 9.17) is 0 Å². The third-order valence-corrected chi connectivity index (χ3v) is 4.02. The van der Waals surface area contributed by atoms with Gasteiger partial charge in [-0.25, -0.2) is 4.39 Å². The fourth-order valence-electron chi connectivity index (χ4n) is 2.46. The number of rotatable bonds is 3. The van der Waals surface area contributed by atoms with Crippen molar-refractivity contribution >= 4 is 12.0 Å². The fourth-order valence-corrected chi connectivity index (χ4v) is 2.46. The molecule has 0 bridgehead atoms. The molecule has 0 radical (unpaired) electrons. The Bertz CT molecular complexity index is 608. The minimum atomic E-state index is -0.790. The number of nitriles is 1. The second-order valence-electron chi connectivity index (χ2n) is 5.83. The van der Waals surface area contributed by atoms with Crippen LogP contribution >= 0.6 is 0 Å². The van der Waals surface area contributed by atoms with Gasteiger partial charge in [0.25, 0.3) is 0 Å². The molecule has 0 spiro atoms. The SMILES string of the molecule is C/C(=C\c1ccc(F)cc1)C(=O)NC1(C#N)CCN(C)CC1. The van der Waals surface area contributed by atoms with Gasteiger partial charge in [0.2, 0.25) is 5.91 Å². The summed E-state index contributed by atoms with van der Waals surface area (Å²) in [5.41, 5.74) is 0.463. The Hall–Kier alpha value is -2.19. The monoisotopic (exact) mass is 301 g/mol. The molecule has 1 N–H and O–H groups in total. The van der Waals surface area contributed by atoms with E-state index in [2.05, 4.69) is 16.3 Å². The van der Waals surface area contributed by atoms with Gasteiger partial charge in [-0.2, -0.15) is 5.26 Å². The highest BCUT2D eigenvalue weighted by atomic mass is 19.1. The average Bonchev–Trinajstić information content (AvgIpc) is 2.52. The normalized spacial score (nSPS) is 18.5. The molecule has 0 aromatic heterocycles. The van der Waals surface area contributed by atoms with Gasteiger partial charge >= 0.3 is 0 Å². The second kappa shape index (κ2) is 6.71. The Balaban J connectivity index is 2.07. The molecule has 0 unspecified atom stereocenters. The molecule has 1 aliphatic rings. The van der Waals surface area contributed by atoms with Crippen LogP contribution in [0.2, 0.25) is 0 Å². The number of hydrogen-bond donors (Lipinski definition) is 1. The van der Waals surface area contributed by atoms with E-state index in [9.17, 15) is 14.4 Å². The van der Waals surface area contributed by atoms with Crippen LogP contribution in [0.25, 0.3) is 6.08 Å². The van der Waals surface area contributed by atoms with Crippen molar-refractivity contribution in [2.75, 3.05) is 20.1 Å². The molecule has 1 aromatic rings. The van der Waals surface area contributed by atoms with E-state index in [1.165, 1.54) is 12.1 Å². The molecule has 0 aliphatic carbocycles. The van der Waals surface area contributed by atoms with Crippen molar-refractivity contribution in [3.8, 4) is 6.07 Å². The lowest BCUT2D eigenvalue weighted by Crippen LogP contribution is -2.54. The maximum Gasteiger partial charge on any atom is 0.248 e. The molecular formula is C17H20FN3O. The van der Waals surface area contributed by atoms with Crippen molar-refractivity contribution in [2.24, 2.45) is 0 Å². The number of carbonyl (C=O) groups excluding carboxylic acids is 1. The molecule has 1 aromatic carbocycles. The van der Waals surface area contributed by atoms with Gasteiger partial charge in [0, 0.05) is 18.7 Å². The molecule has 0 atom stereocenters. The number of nitrogens with one attached hydrogen (secondary N) is 1. The van der Waals surface area contributed by atoms with Gasteiger partial charge in [-0.1, -0.05) is 12.1 Å². The van der Waals surface area contributed by atoms with Crippen LogP contribution < -0.4 is 5.32 Å². The number of halogens is 1. The first kappa shape index (κ1) is 16.2. The minimum absolute atomic E-state index is 0.254. The Morgan fingerprint density at radius 3 is 2.50 bits per heavy atom. The molecule has 1 saturated heterocycles. The number of piperidine rings is 1. The maximum atomic E-state index is 12.9. The summed E-state index contributed by atoms with van der Waals surface area (Å²) in [6, 6.07) is 8.19. The standard InChI is InChI=1S/C17H20FN3O/c1-13(11-14-3-5-15(18)6-4-14)16(22)20-17(12-19)7-9-21(2)10-8-17/h3-6,11H,7-10H2,1-2H3,(H,20,22)/b13-11+. The number of amides is 1. The van der Waals surface area contributed by atoms with Crippen LogP contribution in [0.4, 0.5) is 4.39 Å². The van der Waals surface area contributed by atoms with Crippen molar-refractivity contribution in [3.63, 3.8) is 0 Å². The molecule has 1 heterocycles. The van der Waals surface area contributed by atoms with Gasteiger partial charge in [-0.15, -0.1) is 0 Å². The smallest absolute Gasteiger partial charge is 0.248 e. The van der Waals surface area contributed by atoms with Crippen LogP contribution in [0, 0.1) is 17.1 Å². The van der Waals surface area contributed by atoms with Crippen molar-refractivity contribution in [1.29, 1.82) is 5.26 Å². The van der Waals surface area contributed by atoms with E-state index in [0.717, 1.165) is 18.7 Å². The average molecular weight is 301 g/mol. The van der Waals surface area contributed by atoms with Gasteiger partial charge in [0.05, 0.1) is 6.07 Å². The van der Waals surface area contributed by atoms with Gasteiger partial charge in [-0.3, -0.25) is 4.79 Å². The molecule has 22 heavy (non-hydrogen) atoms. The molecule has 5 heteroatoms. The lowest BCUT2D eigenvalue weighted by atomic mass is 9.89. The topological polar surface area (TPSA) is 56.1 Å². The second-order valence-corrected chi connectivity index (χ2v) is 5.83. The first-order chi connectivity index (χ1) is 10.4. The van der Waals surface area contributed by atoms with Gasteiger partial charge in [0.15, 0.2) is 0 Å². The molecule has 0 saturated carbocycles. The van der Waals surface area contributed by atoms with Crippen LogP contribution in [0.1, 0.15) is 25.3 Å². The summed E-state index contributed by atoms with van der Waals surface area (Å²) < 4.78 is 12.9. The van der Waals surface area contributed by atoms with E-state index in [1.54, 1.807) is 25.1 Å². The molecule has 116 valence electrons. The summed E-state index contributed by atoms with van der Waals surface area (Å²) in [7, 11) is 2.00. The Morgan fingerprint density at radius 1 is 1.36 bits per heavy atom. The molecule has 1 aliphatic heterocycles. The largest absolute Gasteiger partial charge is 0.334 e. The highest BCUT2D eigenvalue weighted by Gasteiger charge is 2.35. The zero-order valence-corrected chi connectivity index (χ0v) is 12.9. The van der Waals surface area contributed by atoms with Crippen molar-refractivity contribution in [2.45, 2.75) is 25.3 Å². The van der Waals surface area contributed by atoms with Crippen LogP contribution in [0.3, 0.4) is 0 Å². The van der Waals surface area contributed by atoms with Crippen LogP contribution in [-0.4, -0.2) is 36.5 Å². The van der Waals surface area contributed by atoms with Crippen molar-refractivity contribution in [1.82, 2.24) is 10.2 Å². The summed E-state index contributed by atoms with van der Waals surface area (Å²) in [5, 5.41) is 12.3. The number of nitrogens with zero attached hydrogens (tertiary/aromatic N) is 2. The van der Waals surface area contributed by atoms with E-state index in [1.807, 2.05) is 7.05 Å². The molecule has 1 fully saturated rings. The molecule has 4 nitrogen and oxygen atoms in total. The zero-order chi connectivity index (χ0) is 16.2. The van der Waals surface area contributed by atoms with Crippen LogP contribution in [0.5, 0.6) is 0 Å². The number of hydrogen-bond acceptors (Lipinski definition) is 3. The maximum absolute atomic E-state index is 12.9. The first-order valence-corrected chi connectivity index (χ1v) is 7.30. The highest BCUT2D eigenvalue weighted by molar-refractivity contribution is 5.97.